The molecule has 6 aromatic rings. The number of hydrogen-bond acceptors (Lipinski definition) is 4. The molecule has 0 radical (unpaired) electrons. The monoisotopic (exact) mass is 596 g/mol. The summed E-state index contributed by atoms with van der Waals surface area (Å²) in [6, 6.07) is 35.3. The third-order valence-corrected chi connectivity index (χ3v) is 6.76. The van der Waals surface area contributed by atoms with E-state index in [1.807, 2.05) is 109 Å². The molecule has 0 aliphatic carbocycles. The van der Waals surface area contributed by atoms with E-state index in [4.69, 9.17) is 19.4 Å². The van der Waals surface area contributed by atoms with Crippen molar-refractivity contribution in [3.63, 3.8) is 0 Å². The molecule has 6 rings (SSSR count). The standard InChI is InChI=1S/C30H18Br2N2O2/c31-19-9-13-21(14-10-19)35-29-17-27(33-25-7-3-1-5-23(25)29)28-18-30(24-6-2-4-8-26(24)34-28)36-22-15-11-20(32)12-16-22/h1-18H. The minimum Gasteiger partial charge on any atom is -0.457 e. The molecule has 2 aromatic heterocycles. The SMILES string of the molecule is Brc1ccc(Oc2cc(-c3cc(Oc4ccc(Br)cc4)c4ccccc4n3)nc3ccccc23)cc1. The molecule has 0 amide bonds. The smallest absolute Gasteiger partial charge is 0.139 e. The van der Waals surface area contributed by atoms with Crippen molar-refractivity contribution in [2.75, 3.05) is 0 Å². The first-order valence-electron chi connectivity index (χ1n) is 11.3. The van der Waals surface area contributed by atoms with Gasteiger partial charge < -0.3 is 9.47 Å². The molecule has 6 heteroatoms. The molecule has 36 heavy (non-hydrogen) atoms. The van der Waals surface area contributed by atoms with E-state index >= 15 is 0 Å². The second kappa shape index (κ2) is 9.72. The lowest BCUT2D eigenvalue weighted by molar-refractivity contribution is 0.487. The Labute approximate surface area is 224 Å². The summed E-state index contributed by atoms with van der Waals surface area (Å²) in [7, 11) is 0. The maximum Gasteiger partial charge on any atom is 0.139 e. The Morgan fingerprint density at radius 3 is 1.28 bits per heavy atom. The molecule has 0 unspecified atom stereocenters. The maximum absolute atomic E-state index is 6.31. The zero-order chi connectivity index (χ0) is 24.5. The van der Waals surface area contributed by atoms with E-state index in [9.17, 15) is 0 Å². The number of para-hydroxylation sites is 2. The quantitative estimate of drug-likeness (QED) is 0.198. The number of hydrogen-bond donors (Lipinski definition) is 0. The van der Waals surface area contributed by atoms with Crippen LogP contribution in [0.3, 0.4) is 0 Å². The molecule has 0 saturated heterocycles. The number of ether oxygens (including phenoxy) is 2. The highest BCUT2D eigenvalue weighted by molar-refractivity contribution is 9.10. The lowest BCUT2D eigenvalue weighted by Crippen LogP contribution is -1.95. The third kappa shape index (κ3) is 4.70. The Balaban J connectivity index is 1.49. The van der Waals surface area contributed by atoms with Gasteiger partial charge in [0.1, 0.15) is 23.0 Å². The molecule has 0 aliphatic heterocycles. The van der Waals surface area contributed by atoms with Gasteiger partial charge in [-0.3, -0.25) is 0 Å². The van der Waals surface area contributed by atoms with Crippen LogP contribution in [-0.4, -0.2) is 9.97 Å². The zero-order valence-corrected chi connectivity index (χ0v) is 22.0. The fourth-order valence-corrected chi connectivity index (χ4v) is 4.51. The number of rotatable bonds is 5. The van der Waals surface area contributed by atoms with Gasteiger partial charge >= 0.3 is 0 Å². The van der Waals surface area contributed by atoms with E-state index in [2.05, 4.69) is 31.9 Å². The maximum atomic E-state index is 6.31. The molecule has 0 fully saturated rings. The molecule has 0 aliphatic rings. The number of aromatic nitrogens is 2. The number of pyridine rings is 2. The van der Waals surface area contributed by atoms with Crippen molar-refractivity contribution in [1.82, 2.24) is 9.97 Å². The van der Waals surface area contributed by atoms with Gasteiger partial charge in [0.15, 0.2) is 0 Å². The van der Waals surface area contributed by atoms with Crippen LogP contribution in [-0.2, 0) is 0 Å². The van der Waals surface area contributed by atoms with Crippen molar-refractivity contribution in [2.45, 2.75) is 0 Å². The summed E-state index contributed by atoms with van der Waals surface area (Å²) in [6.45, 7) is 0. The first-order chi connectivity index (χ1) is 17.6. The van der Waals surface area contributed by atoms with Crippen LogP contribution < -0.4 is 9.47 Å². The third-order valence-electron chi connectivity index (χ3n) is 5.70. The fraction of sp³-hybridized carbons (Fsp3) is 0. The van der Waals surface area contributed by atoms with Gasteiger partial charge in [-0.25, -0.2) is 9.97 Å². The van der Waals surface area contributed by atoms with Gasteiger partial charge in [-0.1, -0.05) is 56.1 Å². The minimum absolute atomic E-state index is 0.701. The van der Waals surface area contributed by atoms with Gasteiger partial charge in [-0.05, 0) is 72.8 Å². The highest BCUT2D eigenvalue weighted by Crippen LogP contribution is 2.37. The number of fused-ring (bicyclic) bond motifs is 2. The first-order valence-corrected chi connectivity index (χ1v) is 12.9. The molecule has 0 spiro atoms. The van der Waals surface area contributed by atoms with Crippen LogP contribution in [0.25, 0.3) is 33.2 Å². The van der Waals surface area contributed by atoms with E-state index in [1.165, 1.54) is 0 Å². The zero-order valence-electron chi connectivity index (χ0n) is 18.9. The van der Waals surface area contributed by atoms with E-state index < -0.39 is 0 Å². The molecular formula is C30H18Br2N2O2. The van der Waals surface area contributed by atoms with Gasteiger partial charge in [0.25, 0.3) is 0 Å². The summed E-state index contributed by atoms with van der Waals surface area (Å²) in [5.41, 5.74) is 3.05. The van der Waals surface area contributed by atoms with Crippen molar-refractivity contribution in [1.29, 1.82) is 0 Å². The van der Waals surface area contributed by atoms with E-state index in [0.717, 1.165) is 42.3 Å². The molecule has 0 atom stereocenters. The predicted octanol–water partition coefficient (Wildman–Crippen LogP) is 9.56. The van der Waals surface area contributed by atoms with Gasteiger partial charge in [-0.15, -0.1) is 0 Å². The van der Waals surface area contributed by atoms with Crippen LogP contribution in [0.1, 0.15) is 0 Å². The van der Waals surface area contributed by atoms with Crippen molar-refractivity contribution < 1.29 is 9.47 Å². The number of halogens is 2. The van der Waals surface area contributed by atoms with Gasteiger partial charge in [0.05, 0.1) is 22.4 Å². The van der Waals surface area contributed by atoms with Crippen molar-refractivity contribution in [3.8, 4) is 34.4 Å². The predicted molar refractivity (Wildman–Crippen MR) is 151 cm³/mol. The number of nitrogens with zero attached hydrogens (tertiary/aromatic N) is 2. The first kappa shape index (κ1) is 22.7. The highest BCUT2D eigenvalue weighted by Gasteiger charge is 2.14. The summed E-state index contributed by atoms with van der Waals surface area (Å²) >= 11 is 6.96. The normalized spacial score (nSPS) is 11.1. The van der Waals surface area contributed by atoms with Crippen LogP contribution in [0.2, 0.25) is 0 Å². The molecule has 0 saturated carbocycles. The lowest BCUT2D eigenvalue weighted by atomic mass is 10.1. The van der Waals surface area contributed by atoms with Crippen LogP contribution in [0, 0.1) is 0 Å². The second-order valence-corrected chi connectivity index (χ2v) is 9.99. The minimum atomic E-state index is 0.701. The second-order valence-electron chi connectivity index (χ2n) is 8.16. The highest BCUT2D eigenvalue weighted by atomic mass is 79.9. The molecule has 4 nitrogen and oxygen atoms in total. The Morgan fingerprint density at radius 2 is 0.861 bits per heavy atom. The molecule has 174 valence electrons. The Hall–Kier alpha value is -3.74. The molecule has 2 heterocycles. The largest absolute Gasteiger partial charge is 0.457 e. The Morgan fingerprint density at radius 1 is 0.472 bits per heavy atom. The van der Waals surface area contributed by atoms with E-state index in [0.29, 0.717) is 22.9 Å². The topological polar surface area (TPSA) is 44.2 Å². The van der Waals surface area contributed by atoms with Crippen molar-refractivity contribution in [2.24, 2.45) is 0 Å². The summed E-state index contributed by atoms with van der Waals surface area (Å²) < 4.78 is 14.6. The van der Waals surface area contributed by atoms with Crippen LogP contribution in [0.4, 0.5) is 0 Å². The average molecular weight is 598 g/mol. The average Bonchev–Trinajstić information content (AvgIpc) is 2.91. The fourth-order valence-electron chi connectivity index (χ4n) is 3.98. The molecule has 0 N–H and O–H groups in total. The van der Waals surface area contributed by atoms with Crippen molar-refractivity contribution >= 4 is 53.7 Å². The van der Waals surface area contributed by atoms with E-state index in [1.54, 1.807) is 0 Å². The van der Waals surface area contributed by atoms with Crippen LogP contribution in [0.15, 0.2) is 118 Å². The van der Waals surface area contributed by atoms with E-state index in [-0.39, 0.29) is 0 Å². The van der Waals surface area contributed by atoms with Crippen molar-refractivity contribution in [3.05, 3.63) is 118 Å². The number of benzene rings is 4. The van der Waals surface area contributed by atoms with Gasteiger partial charge in [0.2, 0.25) is 0 Å². The Kier molecular flexibility index (Phi) is 6.13. The van der Waals surface area contributed by atoms with Gasteiger partial charge in [-0.2, -0.15) is 0 Å². The van der Waals surface area contributed by atoms with Gasteiger partial charge in [0, 0.05) is 31.9 Å². The lowest BCUT2D eigenvalue weighted by Gasteiger charge is -2.14. The Bertz CT molecular complexity index is 1570. The molecule has 0 bridgehead atoms. The summed E-state index contributed by atoms with van der Waals surface area (Å²) in [5.74, 6) is 2.91. The van der Waals surface area contributed by atoms with Crippen LogP contribution in [0.5, 0.6) is 23.0 Å². The molecular weight excluding hydrogens is 580 g/mol. The summed E-state index contributed by atoms with van der Waals surface area (Å²) in [4.78, 5) is 9.83. The molecule has 4 aromatic carbocycles. The van der Waals surface area contributed by atoms with Crippen LogP contribution >= 0.6 is 31.9 Å². The summed E-state index contributed by atoms with van der Waals surface area (Å²) in [6.07, 6.45) is 0. The summed E-state index contributed by atoms with van der Waals surface area (Å²) in [5, 5.41) is 1.85.